The molecule has 3 atom stereocenters. The van der Waals surface area contributed by atoms with Crippen LogP contribution in [0.15, 0.2) is 0 Å². The van der Waals surface area contributed by atoms with Gasteiger partial charge in [-0.15, -0.1) is 0 Å². The second kappa shape index (κ2) is 3.67. The lowest BCUT2D eigenvalue weighted by atomic mass is 9.67. The number of nitrogens with one attached hydrogen (secondary N) is 3. The molecule has 2 aliphatic rings. The lowest BCUT2D eigenvalue weighted by molar-refractivity contribution is 0.122. The first-order valence-corrected chi connectivity index (χ1v) is 5.79. The molecule has 0 spiro atoms. The fraction of sp³-hybridized carbons (Fsp3) is 0.909. The van der Waals surface area contributed by atoms with Crippen LogP contribution in [0.5, 0.6) is 0 Å². The summed E-state index contributed by atoms with van der Waals surface area (Å²) in [6, 6.07) is 0.276. The van der Waals surface area contributed by atoms with E-state index in [0.29, 0.717) is 17.9 Å². The maximum atomic E-state index is 11.5. The zero-order valence-electron chi connectivity index (χ0n) is 9.76. The van der Waals surface area contributed by atoms with Gasteiger partial charge in [0.15, 0.2) is 0 Å². The zero-order chi connectivity index (χ0) is 11.1. The number of carbonyl (C=O) groups is 1. The molecule has 86 valence electrons. The van der Waals surface area contributed by atoms with Crippen LogP contribution in [0.3, 0.4) is 0 Å². The Balaban J connectivity index is 2.26. The molecular weight excluding hydrogens is 190 g/mol. The fourth-order valence-electron chi connectivity index (χ4n) is 2.78. The second-order valence-electron chi connectivity index (χ2n) is 5.36. The summed E-state index contributed by atoms with van der Waals surface area (Å²) >= 11 is 0. The summed E-state index contributed by atoms with van der Waals surface area (Å²) in [6.45, 7) is 9.47. The van der Waals surface area contributed by atoms with E-state index in [0.717, 1.165) is 19.6 Å². The Hall–Kier alpha value is -0.770. The third kappa shape index (κ3) is 1.71. The molecular formula is C11H21N3O. The van der Waals surface area contributed by atoms with Crippen LogP contribution in [-0.2, 0) is 0 Å². The van der Waals surface area contributed by atoms with Crippen LogP contribution >= 0.6 is 0 Å². The monoisotopic (exact) mass is 211 g/mol. The van der Waals surface area contributed by atoms with E-state index in [1.165, 1.54) is 0 Å². The minimum atomic E-state index is -0.0157. The number of hydrogen-bond acceptors (Lipinski definition) is 2. The quantitative estimate of drug-likeness (QED) is 0.593. The lowest BCUT2D eigenvalue weighted by Crippen LogP contribution is -2.45. The molecule has 15 heavy (non-hydrogen) atoms. The summed E-state index contributed by atoms with van der Waals surface area (Å²) < 4.78 is 0. The van der Waals surface area contributed by atoms with Crippen molar-refractivity contribution >= 4 is 6.03 Å². The molecule has 0 aromatic heterocycles. The average molecular weight is 211 g/mol. The first-order valence-electron chi connectivity index (χ1n) is 5.79. The van der Waals surface area contributed by atoms with Gasteiger partial charge in [-0.25, -0.2) is 4.79 Å². The van der Waals surface area contributed by atoms with Crippen molar-refractivity contribution in [3.05, 3.63) is 0 Å². The van der Waals surface area contributed by atoms with Crippen LogP contribution in [0.25, 0.3) is 0 Å². The van der Waals surface area contributed by atoms with Crippen LogP contribution in [0.4, 0.5) is 4.79 Å². The number of carbonyl (C=O) groups excluding carboxylic acids is 1. The maximum Gasteiger partial charge on any atom is 0.315 e. The van der Waals surface area contributed by atoms with E-state index < -0.39 is 0 Å². The van der Waals surface area contributed by atoms with E-state index in [-0.39, 0.29) is 11.4 Å². The number of amides is 2. The lowest BCUT2D eigenvalue weighted by Gasteiger charge is -2.39. The number of rotatable bonds is 1. The van der Waals surface area contributed by atoms with Crippen molar-refractivity contribution in [2.45, 2.75) is 26.8 Å². The maximum absolute atomic E-state index is 11.5. The number of hydrogen-bond donors (Lipinski definition) is 3. The molecule has 2 fully saturated rings. The Labute approximate surface area is 91.2 Å². The highest BCUT2D eigenvalue weighted by Crippen LogP contribution is 2.39. The predicted octanol–water partition coefficient (Wildman–Crippen LogP) is 0.550. The minimum absolute atomic E-state index is 0.0157. The zero-order valence-corrected chi connectivity index (χ0v) is 9.76. The van der Waals surface area contributed by atoms with Crippen LogP contribution in [0.1, 0.15) is 20.8 Å². The van der Waals surface area contributed by atoms with E-state index >= 15 is 0 Å². The molecule has 0 aliphatic carbocycles. The molecule has 0 aromatic carbocycles. The summed E-state index contributed by atoms with van der Waals surface area (Å²) in [6.07, 6.45) is 0. The Kier molecular flexibility index (Phi) is 2.63. The molecule has 4 nitrogen and oxygen atoms in total. The van der Waals surface area contributed by atoms with Gasteiger partial charge in [-0.1, -0.05) is 20.8 Å². The van der Waals surface area contributed by atoms with E-state index in [1.807, 2.05) is 0 Å². The SMILES string of the molecule is CC(C)C1(C)CNC(=O)NC2CNCC21. The topological polar surface area (TPSA) is 53.2 Å². The van der Waals surface area contributed by atoms with Gasteiger partial charge < -0.3 is 16.0 Å². The molecule has 0 aromatic rings. The van der Waals surface area contributed by atoms with Gasteiger partial charge in [0.05, 0.1) is 0 Å². The summed E-state index contributed by atoms with van der Waals surface area (Å²) in [5.74, 6) is 1.11. The van der Waals surface area contributed by atoms with Gasteiger partial charge in [0.25, 0.3) is 0 Å². The molecule has 2 rings (SSSR count). The molecule has 4 heteroatoms. The third-order valence-corrected chi connectivity index (χ3v) is 4.33. The van der Waals surface area contributed by atoms with Gasteiger partial charge >= 0.3 is 6.03 Å². The highest BCUT2D eigenvalue weighted by Gasteiger charge is 2.46. The molecule has 2 heterocycles. The summed E-state index contributed by atoms with van der Waals surface area (Å²) in [4.78, 5) is 11.5. The summed E-state index contributed by atoms with van der Waals surface area (Å²) in [5.41, 5.74) is 0.188. The van der Waals surface area contributed by atoms with Gasteiger partial charge in [-0.2, -0.15) is 0 Å². The minimum Gasteiger partial charge on any atom is -0.338 e. The molecule has 2 aliphatic heterocycles. The fourth-order valence-corrected chi connectivity index (χ4v) is 2.78. The van der Waals surface area contributed by atoms with Crippen molar-refractivity contribution in [3.63, 3.8) is 0 Å². The van der Waals surface area contributed by atoms with Crippen molar-refractivity contribution in [3.8, 4) is 0 Å². The molecule has 3 N–H and O–H groups in total. The molecule has 2 amide bonds. The van der Waals surface area contributed by atoms with Gasteiger partial charge in [0.1, 0.15) is 0 Å². The van der Waals surface area contributed by atoms with E-state index in [2.05, 4.69) is 36.7 Å². The average Bonchev–Trinajstić information content (AvgIpc) is 2.58. The molecule has 0 saturated carbocycles. The van der Waals surface area contributed by atoms with Gasteiger partial charge in [0, 0.05) is 31.6 Å². The number of urea groups is 1. The van der Waals surface area contributed by atoms with Crippen molar-refractivity contribution in [2.75, 3.05) is 19.6 Å². The first-order chi connectivity index (χ1) is 7.04. The second-order valence-corrected chi connectivity index (χ2v) is 5.36. The summed E-state index contributed by atoms with van der Waals surface area (Å²) in [5, 5.41) is 9.39. The smallest absolute Gasteiger partial charge is 0.315 e. The Morgan fingerprint density at radius 3 is 2.80 bits per heavy atom. The van der Waals surface area contributed by atoms with Gasteiger partial charge in [-0.3, -0.25) is 0 Å². The van der Waals surface area contributed by atoms with E-state index in [9.17, 15) is 4.79 Å². The Morgan fingerprint density at radius 1 is 1.40 bits per heavy atom. The van der Waals surface area contributed by atoms with Crippen LogP contribution in [-0.4, -0.2) is 31.7 Å². The van der Waals surface area contributed by atoms with Crippen molar-refractivity contribution < 1.29 is 4.79 Å². The largest absolute Gasteiger partial charge is 0.338 e. The van der Waals surface area contributed by atoms with Gasteiger partial charge in [-0.05, 0) is 11.3 Å². The van der Waals surface area contributed by atoms with Crippen molar-refractivity contribution in [1.82, 2.24) is 16.0 Å². The standard InChI is InChI=1S/C11H21N3O/c1-7(2)11(3)6-13-10(15)14-9-5-12-4-8(9)11/h7-9,12H,4-6H2,1-3H3,(H2,13,14,15). The van der Waals surface area contributed by atoms with E-state index in [4.69, 9.17) is 0 Å². The summed E-state index contributed by atoms with van der Waals surface area (Å²) in [7, 11) is 0. The number of fused-ring (bicyclic) bond motifs is 1. The van der Waals surface area contributed by atoms with Crippen LogP contribution < -0.4 is 16.0 Å². The third-order valence-electron chi connectivity index (χ3n) is 4.33. The first kappa shape index (κ1) is 10.7. The predicted molar refractivity (Wildman–Crippen MR) is 59.6 cm³/mol. The Morgan fingerprint density at radius 2 is 2.13 bits per heavy atom. The molecule has 3 unspecified atom stereocenters. The van der Waals surface area contributed by atoms with Crippen LogP contribution in [0.2, 0.25) is 0 Å². The molecule has 0 radical (unpaired) electrons. The normalized spacial score (nSPS) is 40.7. The highest BCUT2D eigenvalue weighted by molar-refractivity contribution is 5.74. The van der Waals surface area contributed by atoms with Crippen molar-refractivity contribution in [1.29, 1.82) is 0 Å². The van der Waals surface area contributed by atoms with Gasteiger partial charge in [0.2, 0.25) is 0 Å². The van der Waals surface area contributed by atoms with E-state index in [1.54, 1.807) is 0 Å². The highest BCUT2D eigenvalue weighted by atomic mass is 16.2. The molecule has 0 bridgehead atoms. The van der Waals surface area contributed by atoms with Crippen LogP contribution in [0, 0.1) is 17.3 Å². The molecule has 2 saturated heterocycles. The Bertz CT molecular complexity index is 267. The van der Waals surface area contributed by atoms with Crippen molar-refractivity contribution in [2.24, 2.45) is 17.3 Å².